The van der Waals surface area contributed by atoms with Gasteiger partial charge in [-0.1, -0.05) is 12.2 Å². The molecule has 1 aliphatic heterocycles. The quantitative estimate of drug-likeness (QED) is 0.775. The summed E-state index contributed by atoms with van der Waals surface area (Å²) < 4.78 is 5.15. The normalized spacial score (nSPS) is 25.2. The minimum atomic E-state index is -0.0224. The molecule has 0 aromatic heterocycles. The zero-order valence-corrected chi connectivity index (χ0v) is 11.7. The fourth-order valence-electron chi connectivity index (χ4n) is 2.88. The number of carbonyl (C=O) groups excluding carboxylic acids is 1. The fourth-order valence-corrected chi connectivity index (χ4v) is 2.88. The monoisotopic (exact) mass is 270 g/mol. The molecule has 0 fully saturated rings. The van der Waals surface area contributed by atoms with E-state index in [4.69, 9.17) is 9.73 Å². The SMILES string of the molecule is COc1ccc(N2C(=O)[C@@H]3CC=CC[C@@H]3N=C2C)cc1. The summed E-state index contributed by atoms with van der Waals surface area (Å²) in [6, 6.07) is 7.64. The highest BCUT2D eigenvalue weighted by Gasteiger charge is 2.37. The van der Waals surface area contributed by atoms with E-state index in [0.717, 1.165) is 30.1 Å². The van der Waals surface area contributed by atoms with Gasteiger partial charge >= 0.3 is 0 Å². The lowest BCUT2D eigenvalue weighted by Gasteiger charge is -2.36. The molecule has 4 heteroatoms. The molecule has 0 N–H and O–H groups in total. The molecular weight excluding hydrogens is 252 g/mol. The third-order valence-corrected chi connectivity index (χ3v) is 3.94. The van der Waals surface area contributed by atoms with Crippen LogP contribution < -0.4 is 9.64 Å². The van der Waals surface area contributed by atoms with E-state index < -0.39 is 0 Å². The third-order valence-electron chi connectivity index (χ3n) is 3.94. The molecule has 4 nitrogen and oxygen atoms in total. The number of aliphatic imine (C=N–C) groups is 1. The lowest BCUT2D eigenvalue weighted by Crippen LogP contribution is -2.48. The number of anilines is 1. The molecule has 0 unspecified atom stereocenters. The van der Waals surface area contributed by atoms with Crippen molar-refractivity contribution in [2.24, 2.45) is 10.9 Å². The number of nitrogens with zero attached hydrogens (tertiary/aromatic N) is 2. The summed E-state index contributed by atoms with van der Waals surface area (Å²) in [6.07, 6.45) is 5.85. The second-order valence-corrected chi connectivity index (χ2v) is 5.16. The average Bonchev–Trinajstić information content (AvgIpc) is 2.48. The molecule has 0 bridgehead atoms. The summed E-state index contributed by atoms with van der Waals surface area (Å²) in [7, 11) is 1.63. The van der Waals surface area contributed by atoms with Crippen molar-refractivity contribution in [1.29, 1.82) is 0 Å². The highest BCUT2D eigenvalue weighted by atomic mass is 16.5. The lowest BCUT2D eigenvalue weighted by atomic mass is 9.86. The summed E-state index contributed by atoms with van der Waals surface area (Å²) >= 11 is 0. The maximum absolute atomic E-state index is 12.7. The molecule has 1 aromatic carbocycles. The molecule has 0 saturated heterocycles. The smallest absolute Gasteiger partial charge is 0.238 e. The van der Waals surface area contributed by atoms with Crippen LogP contribution in [0.4, 0.5) is 5.69 Å². The van der Waals surface area contributed by atoms with Crippen LogP contribution >= 0.6 is 0 Å². The van der Waals surface area contributed by atoms with Gasteiger partial charge in [0.2, 0.25) is 5.91 Å². The first-order chi connectivity index (χ1) is 9.70. The molecule has 1 aliphatic carbocycles. The van der Waals surface area contributed by atoms with Crippen molar-refractivity contribution >= 4 is 17.4 Å². The second kappa shape index (κ2) is 5.12. The molecule has 0 radical (unpaired) electrons. The fraction of sp³-hybridized carbons (Fsp3) is 0.375. The Bertz CT molecular complexity index is 575. The van der Waals surface area contributed by atoms with Crippen molar-refractivity contribution < 1.29 is 9.53 Å². The highest BCUT2D eigenvalue weighted by molar-refractivity contribution is 6.18. The van der Waals surface area contributed by atoms with Gasteiger partial charge in [0.15, 0.2) is 0 Å². The Morgan fingerprint density at radius 3 is 2.60 bits per heavy atom. The Labute approximate surface area is 118 Å². The summed E-state index contributed by atoms with van der Waals surface area (Å²) in [5, 5.41) is 0. The average molecular weight is 270 g/mol. The first-order valence-corrected chi connectivity index (χ1v) is 6.88. The highest BCUT2D eigenvalue weighted by Crippen LogP contribution is 2.31. The van der Waals surface area contributed by atoms with Gasteiger partial charge in [-0.2, -0.15) is 0 Å². The maximum Gasteiger partial charge on any atom is 0.238 e. The van der Waals surface area contributed by atoms with Crippen molar-refractivity contribution in [3.8, 4) is 5.75 Å². The van der Waals surface area contributed by atoms with Gasteiger partial charge in [-0.3, -0.25) is 14.7 Å². The maximum atomic E-state index is 12.7. The van der Waals surface area contributed by atoms with Gasteiger partial charge in [0.1, 0.15) is 11.6 Å². The van der Waals surface area contributed by atoms with Crippen LogP contribution in [0.3, 0.4) is 0 Å². The van der Waals surface area contributed by atoms with E-state index in [0.29, 0.717) is 0 Å². The van der Waals surface area contributed by atoms with Gasteiger partial charge < -0.3 is 4.74 Å². The number of allylic oxidation sites excluding steroid dienone is 1. The summed E-state index contributed by atoms with van der Waals surface area (Å²) in [4.78, 5) is 19.1. The molecule has 0 spiro atoms. The summed E-state index contributed by atoms with van der Waals surface area (Å²) in [5.74, 6) is 1.69. The zero-order valence-electron chi connectivity index (χ0n) is 11.7. The van der Waals surface area contributed by atoms with Crippen LogP contribution in [0.15, 0.2) is 41.4 Å². The third kappa shape index (κ3) is 2.11. The molecule has 2 aliphatic rings. The van der Waals surface area contributed by atoms with Crippen LogP contribution in [-0.4, -0.2) is 24.9 Å². The molecule has 20 heavy (non-hydrogen) atoms. The van der Waals surface area contributed by atoms with Crippen LogP contribution in [0, 0.1) is 5.92 Å². The van der Waals surface area contributed by atoms with E-state index >= 15 is 0 Å². The van der Waals surface area contributed by atoms with Gasteiger partial charge in [0, 0.05) is 0 Å². The van der Waals surface area contributed by atoms with Crippen LogP contribution in [-0.2, 0) is 4.79 Å². The number of methoxy groups -OCH3 is 1. The van der Waals surface area contributed by atoms with E-state index in [9.17, 15) is 4.79 Å². The van der Waals surface area contributed by atoms with Crippen LogP contribution in [0.5, 0.6) is 5.75 Å². The Hall–Kier alpha value is -2.10. The first-order valence-electron chi connectivity index (χ1n) is 6.88. The van der Waals surface area contributed by atoms with E-state index in [1.165, 1.54) is 0 Å². The minimum absolute atomic E-state index is 0.0224. The lowest BCUT2D eigenvalue weighted by molar-refractivity contribution is -0.122. The largest absolute Gasteiger partial charge is 0.497 e. The Balaban J connectivity index is 1.94. The molecular formula is C16H18N2O2. The number of carbonyl (C=O) groups is 1. The number of hydrogen-bond acceptors (Lipinski definition) is 3. The van der Waals surface area contributed by atoms with Crippen molar-refractivity contribution in [3.63, 3.8) is 0 Å². The van der Waals surface area contributed by atoms with Crippen LogP contribution in [0.1, 0.15) is 19.8 Å². The van der Waals surface area contributed by atoms with Gasteiger partial charge in [0.25, 0.3) is 0 Å². The first kappa shape index (κ1) is 12.9. The molecule has 104 valence electrons. The molecule has 1 aromatic rings. The minimum Gasteiger partial charge on any atom is -0.497 e. The van der Waals surface area contributed by atoms with E-state index in [2.05, 4.69) is 12.2 Å². The molecule has 3 rings (SSSR count). The zero-order chi connectivity index (χ0) is 14.1. The number of fused-ring (bicyclic) bond motifs is 1. The van der Waals surface area contributed by atoms with Crippen molar-refractivity contribution in [3.05, 3.63) is 36.4 Å². The van der Waals surface area contributed by atoms with Crippen molar-refractivity contribution in [2.75, 3.05) is 12.0 Å². The Morgan fingerprint density at radius 1 is 1.20 bits per heavy atom. The molecule has 1 heterocycles. The van der Waals surface area contributed by atoms with E-state index in [1.807, 2.05) is 31.2 Å². The molecule has 1 amide bonds. The van der Waals surface area contributed by atoms with Gasteiger partial charge in [-0.25, -0.2) is 0 Å². The number of ether oxygens (including phenoxy) is 1. The number of amides is 1. The van der Waals surface area contributed by atoms with Crippen LogP contribution in [0.2, 0.25) is 0 Å². The number of hydrogen-bond donors (Lipinski definition) is 0. The Kier molecular flexibility index (Phi) is 3.30. The topological polar surface area (TPSA) is 41.9 Å². The van der Waals surface area contributed by atoms with E-state index in [-0.39, 0.29) is 17.9 Å². The Morgan fingerprint density at radius 2 is 1.90 bits per heavy atom. The van der Waals surface area contributed by atoms with Gasteiger partial charge in [0.05, 0.1) is 24.8 Å². The van der Waals surface area contributed by atoms with Crippen molar-refractivity contribution in [1.82, 2.24) is 0 Å². The second-order valence-electron chi connectivity index (χ2n) is 5.16. The van der Waals surface area contributed by atoms with Crippen molar-refractivity contribution in [2.45, 2.75) is 25.8 Å². The predicted octanol–water partition coefficient (Wildman–Crippen LogP) is 2.80. The summed E-state index contributed by atoms with van der Waals surface area (Å²) in [5.41, 5.74) is 0.852. The van der Waals surface area contributed by atoms with E-state index in [1.54, 1.807) is 12.0 Å². The molecule has 2 atom stereocenters. The predicted molar refractivity (Wildman–Crippen MR) is 79.2 cm³/mol. The number of rotatable bonds is 2. The number of benzene rings is 1. The standard InChI is InChI=1S/C16H18N2O2/c1-11-17-15-6-4-3-5-14(15)16(19)18(11)12-7-9-13(20-2)10-8-12/h3-4,7-10,14-15H,5-6H2,1-2H3/t14-,15+/m1/s1. The van der Waals surface area contributed by atoms with Gasteiger partial charge in [-0.15, -0.1) is 0 Å². The summed E-state index contributed by atoms with van der Waals surface area (Å²) in [6.45, 7) is 1.90. The number of amidine groups is 1. The van der Waals surface area contributed by atoms with Crippen LogP contribution in [0.25, 0.3) is 0 Å². The molecule has 0 saturated carbocycles. The van der Waals surface area contributed by atoms with Gasteiger partial charge in [-0.05, 0) is 44.0 Å².